The summed E-state index contributed by atoms with van der Waals surface area (Å²) in [7, 11) is 3.19. The van der Waals surface area contributed by atoms with Gasteiger partial charge < -0.3 is 19.1 Å². The summed E-state index contributed by atoms with van der Waals surface area (Å²) in [4.78, 5) is 16.7. The van der Waals surface area contributed by atoms with Gasteiger partial charge in [0.25, 0.3) is 0 Å². The molecule has 3 rings (SSSR count). The van der Waals surface area contributed by atoms with Crippen molar-refractivity contribution in [1.82, 2.24) is 9.80 Å². The van der Waals surface area contributed by atoms with E-state index in [1.54, 1.807) is 26.4 Å². The summed E-state index contributed by atoms with van der Waals surface area (Å²) >= 11 is 5.88. The summed E-state index contributed by atoms with van der Waals surface area (Å²) in [6, 6.07) is 12.9. The average molecular weight is 431 g/mol. The van der Waals surface area contributed by atoms with E-state index in [0.717, 1.165) is 30.9 Å². The molecule has 2 aromatic rings. The summed E-state index contributed by atoms with van der Waals surface area (Å²) < 4.78 is 16.3. The second-order valence-electron chi connectivity index (χ2n) is 6.92. The number of halogens is 1. The largest absolute Gasteiger partial charge is 0.493 e. The second-order valence-corrected chi connectivity index (χ2v) is 7.35. The molecule has 1 amide bonds. The van der Waals surface area contributed by atoms with Crippen LogP contribution in [0.25, 0.3) is 6.08 Å². The topological polar surface area (TPSA) is 51.2 Å². The summed E-state index contributed by atoms with van der Waals surface area (Å²) in [6.07, 6.45) is 3.41. The van der Waals surface area contributed by atoms with Crippen LogP contribution in [0.2, 0.25) is 5.02 Å². The molecule has 1 saturated heterocycles. The van der Waals surface area contributed by atoms with Crippen molar-refractivity contribution in [2.45, 2.75) is 0 Å². The summed E-state index contributed by atoms with van der Waals surface area (Å²) in [5.41, 5.74) is 0.888. The Morgan fingerprint density at radius 2 is 1.70 bits per heavy atom. The van der Waals surface area contributed by atoms with E-state index >= 15 is 0 Å². The molecule has 1 heterocycles. The maximum absolute atomic E-state index is 12.5. The van der Waals surface area contributed by atoms with Crippen molar-refractivity contribution in [3.63, 3.8) is 0 Å². The Balaban J connectivity index is 1.42. The minimum Gasteiger partial charge on any atom is -0.493 e. The van der Waals surface area contributed by atoms with Gasteiger partial charge in [-0.15, -0.1) is 0 Å². The fraction of sp³-hybridized carbons (Fsp3) is 0.348. The summed E-state index contributed by atoms with van der Waals surface area (Å²) in [5.74, 6) is 2.13. The lowest BCUT2D eigenvalue weighted by Crippen LogP contribution is -2.49. The highest BCUT2D eigenvalue weighted by Crippen LogP contribution is 2.28. The smallest absolute Gasteiger partial charge is 0.246 e. The molecule has 160 valence electrons. The maximum atomic E-state index is 12.5. The quantitative estimate of drug-likeness (QED) is 0.599. The Bertz CT molecular complexity index is 862. The van der Waals surface area contributed by atoms with Gasteiger partial charge in [-0.25, -0.2) is 0 Å². The highest BCUT2D eigenvalue weighted by atomic mass is 35.5. The average Bonchev–Trinajstić information content (AvgIpc) is 2.79. The molecular weight excluding hydrogens is 404 g/mol. The number of carbonyl (C=O) groups is 1. The van der Waals surface area contributed by atoms with Gasteiger partial charge in [0.1, 0.15) is 12.4 Å². The van der Waals surface area contributed by atoms with Crippen molar-refractivity contribution in [3.8, 4) is 17.2 Å². The molecule has 7 heteroatoms. The van der Waals surface area contributed by atoms with E-state index in [4.69, 9.17) is 25.8 Å². The fourth-order valence-corrected chi connectivity index (χ4v) is 3.37. The number of hydrogen-bond acceptors (Lipinski definition) is 5. The Morgan fingerprint density at radius 1 is 1.00 bits per heavy atom. The third kappa shape index (κ3) is 6.15. The molecule has 30 heavy (non-hydrogen) atoms. The van der Waals surface area contributed by atoms with Crippen molar-refractivity contribution < 1.29 is 19.0 Å². The molecule has 0 radical (unpaired) electrons. The lowest BCUT2D eigenvalue weighted by Gasteiger charge is -2.34. The van der Waals surface area contributed by atoms with Gasteiger partial charge in [-0.2, -0.15) is 0 Å². The first-order valence-corrected chi connectivity index (χ1v) is 10.3. The standard InChI is InChI=1S/C23H27ClN2O4/c1-28-21-9-3-18(17-22(21)29-2)4-10-23(27)26-13-11-25(12-14-26)15-16-30-20-7-5-19(24)6-8-20/h3-10,17H,11-16H2,1-2H3/b10-4+. The zero-order chi connectivity index (χ0) is 21.3. The second kappa shape index (κ2) is 10.9. The van der Waals surface area contributed by atoms with Gasteiger partial charge in [-0.05, 0) is 48.0 Å². The Hall–Kier alpha value is -2.70. The number of rotatable bonds is 8. The molecule has 0 bridgehead atoms. The molecule has 0 N–H and O–H groups in total. The number of piperazine rings is 1. The molecule has 1 fully saturated rings. The zero-order valence-electron chi connectivity index (χ0n) is 17.3. The lowest BCUT2D eigenvalue weighted by atomic mass is 10.2. The van der Waals surface area contributed by atoms with Crippen LogP contribution in [0.3, 0.4) is 0 Å². The maximum Gasteiger partial charge on any atom is 0.246 e. The number of carbonyl (C=O) groups excluding carboxylic acids is 1. The van der Waals surface area contributed by atoms with Gasteiger partial charge in [-0.3, -0.25) is 9.69 Å². The molecule has 0 saturated carbocycles. The molecule has 6 nitrogen and oxygen atoms in total. The first-order valence-electron chi connectivity index (χ1n) is 9.89. The van der Waals surface area contributed by atoms with E-state index in [1.165, 1.54) is 0 Å². The number of nitrogens with zero attached hydrogens (tertiary/aromatic N) is 2. The van der Waals surface area contributed by atoms with Crippen molar-refractivity contribution in [2.75, 3.05) is 53.6 Å². The van der Waals surface area contributed by atoms with E-state index in [9.17, 15) is 4.79 Å². The van der Waals surface area contributed by atoms with Crippen LogP contribution < -0.4 is 14.2 Å². The highest BCUT2D eigenvalue weighted by molar-refractivity contribution is 6.30. The SMILES string of the molecule is COc1ccc(/C=C/C(=O)N2CCN(CCOc3ccc(Cl)cc3)CC2)cc1OC. The lowest BCUT2D eigenvalue weighted by molar-refractivity contribution is -0.127. The van der Waals surface area contributed by atoms with Crippen LogP contribution in [0.5, 0.6) is 17.2 Å². The molecule has 0 atom stereocenters. The predicted octanol–water partition coefficient (Wildman–Crippen LogP) is 3.59. The minimum atomic E-state index is 0.0156. The first kappa shape index (κ1) is 22.0. The monoisotopic (exact) mass is 430 g/mol. The van der Waals surface area contributed by atoms with Crippen LogP contribution in [0.15, 0.2) is 48.5 Å². The molecular formula is C23H27ClN2O4. The molecule has 0 aliphatic carbocycles. The zero-order valence-corrected chi connectivity index (χ0v) is 18.1. The van der Waals surface area contributed by atoms with Crippen molar-refractivity contribution in [2.24, 2.45) is 0 Å². The third-order valence-corrected chi connectivity index (χ3v) is 5.25. The normalized spacial score (nSPS) is 14.7. The molecule has 2 aromatic carbocycles. The highest BCUT2D eigenvalue weighted by Gasteiger charge is 2.19. The molecule has 0 unspecified atom stereocenters. The van der Waals surface area contributed by atoms with E-state index in [0.29, 0.717) is 36.2 Å². The van der Waals surface area contributed by atoms with Crippen molar-refractivity contribution >= 4 is 23.6 Å². The van der Waals surface area contributed by atoms with E-state index in [2.05, 4.69) is 4.90 Å². The van der Waals surface area contributed by atoms with E-state index < -0.39 is 0 Å². The Morgan fingerprint density at radius 3 is 2.37 bits per heavy atom. The van der Waals surface area contributed by atoms with E-state index in [-0.39, 0.29) is 5.91 Å². The number of hydrogen-bond donors (Lipinski definition) is 0. The van der Waals surface area contributed by atoms with Gasteiger partial charge in [0.2, 0.25) is 5.91 Å². The van der Waals surface area contributed by atoms with Crippen molar-refractivity contribution in [1.29, 1.82) is 0 Å². The number of benzene rings is 2. The van der Waals surface area contributed by atoms with Crippen LogP contribution in [0, 0.1) is 0 Å². The van der Waals surface area contributed by atoms with Gasteiger partial charge in [-0.1, -0.05) is 17.7 Å². The molecule has 1 aliphatic rings. The number of methoxy groups -OCH3 is 2. The van der Waals surface area contributed by atoms with Gasteiger partial charge >= 0.3 is 0 Å². The van der Waals surface area contributed by atoms with Crippen LogP contribution in [-0.4, -0.2) is 69.3 Å². The van der Waals surface area contributed by atoms with Crippen LogP contribution in [0.4, 0.5) is 0 Å². The van der Waals surface area contributed by atoms with Gasteiger partial charge in [0.15, 0.2) is 11.5 Å². The third-order valence-electron chi connectivity index (χ3n) is 5.00. The predicted molar refractivity (Wildman–Crippen MR) is 119 cm³/mol. The van der Waals surface area contributed by atoms with Crippen LogP contribution in [-0.2, 0) is 4.79 Å². The van der Waals surface area contributed by atoms with Gasteiger partial charge in [0.05, 0.1) is 14.2 Å². The van der Waals surface area contributed by atoms with Crippen LogP contribution >= 0.6 is 11.6 Å². The molecule has 0 spiro atoms. The summed E-state index contributed by atoms with van der Waals surface area (Å²) in [6.45, 7) is 4.51. The van der Waals surface area contributed by atoms with E-state index in [1.807, 2.05) is 47.4 Å². The Labute approximate surface area is 182 Å². The van der Waals surface area contributed by atoms with Crippen LogP contribution in [0.1, 0.15) is 5.56 Å². The van der Waals surface area contributed by atoms with Gasteiger partial charge in [0, 0.05) is 43.8 Å². The number of ether oxygens (including phenoxy) is 3. The fourth-order valence-electron chi connectivity index (χ4n) is 3.24. The molecule has 0 aromatic heterocycles. The summed E-state index contributed by atoms with van der Waals surface area (Å²) in [5, 5.41) is 0.698. The first-order chi connectivity index (χ1) is 14.6. The molecule has 1 aliphatic heterocycles. The number of amides is 1. The van der Waals surface area contributed by atoms with Crippen molar-refractivity contribution in [3.05, 3.63) is 59.1 Å². The Kier molecular flexibility index (Phi) is 7.99. The minimum absolute atomic E-state index is 0.0156.